The Labute approximate surface area is 198 Å². The molecule has 0 radical (unpaired) electrons. The summed E-state index contributed by atoms with van der Waals surface area (Å²) in [6, 6.07) is 20.7. The molecule has 6 heteroatoms. The average molecular weight is 457 g/mol. The van der Waals surface area contributed by atoms with E-state index in [0.717, 1.165) is 27.6 Å². The molecule has 0 aliphatic carbocycles. The number of ether oxygens (including phenoxy) is 2. The van der Waals surface area contributed by atoms with Gasteiger partial charge in [0.05, 0.1) is 20.8 Å². The summed E-state index contributed by atoms with van der Waals surface area (Å²) < 4.78 is 10.7. The zero-order valence-corrected chi connectivity index (χ0v) is 19.8. The van der Waals surface area contributed by atoms with Gasteiger partial charge in [-0.3, -0.25) is 9.59 Å². The number of benzene rings is 3. The number of aromatic amines is 1. The van der Waals surface area contributed by atoms with Crippen LogP contribution in [0, 0.1) is 13.8 Å². The third-order valence-corrected chi connectivity index (χ3v) is 5.88. The van der Waals surface area contributed by atoms with Crippen molar-refractivity contribution in [2.75, 3.05) is 14.2 Å². The van der Waals surface area contributed by atoms with Crippen molar-refractivity contribution in [3.05, 3.63) is 105 Å². The van der Waals surface area contributed by atoms with Crippen molar-refractivity contribution in [1.29, 1.82) is 0 Å². The molecule has 0 aliphatic heterocycles. The highest BCUT2D eigenvalue weighted by atomic mass is 16.5. The lowest BCUT2D eigenvalue weighted by atomic mass is 10.0. The van der Waals surface area contributed by atoms with Crippen LogP contribution in [0.1, 0.15) is 32.6 Å². The molecule has 0 atom stereocenters. The van der Waals surface area contributed by atoms with Gasteiger partial charge in [0.15, 0.2) is 11.5 Å². The van der Waals surface area contributed by atoms with E-state index >= 15 is 0 Å². The first kappa shape index (κ1) is 23.1. The van der Waals surface area contributed by atoms with E-state index in [-0.39, 0.29) is 18.0 Å². The molecule has 34 heavy (non-hydrogen) atoms. The van der Waals surface area contributed by atoms with Crippen LogP contribution in [0.4, 0.5) is 0 Å². The maximum absolute atomic E-state index is 13.6. The van der Waals surface area contributed by atoms with Crippen LogP contribution >= 0.6 is 0 Å². The topological polar surface area (TPSA) is 71.6 Å². The molecule has 0 saturated heterocycles. The van der Waals surface area contributed by atoms with Crippen LogP contribution in [0.3, 0.4) is 0 Å². The molecule has 1 amide bonds. The minimum absolute atomic E-state index is 0.167. The first-order valence-electron chi connectivity index (χ1n) is 11.1. The fraction of sp³-hybridized carbons (Fsp3) is 0.214. The summed E-state index contributed by atoms with van der Waals surface area (Å²) in [5, 5.41) is 0.971. The van der Waals surface area contributed by atoms with E-state index in [4.69, 9.17) is 9.47 Å². The molecule has 6 nitrogen and oxygen atoms in total. The first-order valence-corrected chi connectivity index (χ1v) is 11.1. The van der Waals surface area contributed by atoms with Crippen molar-refractivity contribution in [3.63, 3.8) is 0 Å². The summed E-state index contributed by atoms with van der Waals surface area (Å²) >= 11 is 0. The molecule has 3 aromatic carbocycles. The third-order valence-electron chi connectivity index (χ3n) is 5.88. The van der Waals surface area contributed by atoms with E-state index in [1.165, 1.54) is 7.11 Å². The van der Waals surface area contributed by atoms with E-state index in [1.807, 2.05) is 56.3 Å². The molecule has 0 aliphatic rings. The molecule has 0 unspecified atom stereocenters. The van der Waals surface area contributed by atoms with Gasteiger partial charge in [-0.25, -0.2) is 0 Å². The van der Waals surface area contributed by atoms with Gasteiger partial charge in [-0.05, 0) is 60.9 Å². The number of carbonyl (C=O) groups excluding carboxylic acids is 1. The lowest BCUT2D eigenvalue weighted by molar-refractivity contribution is 0.0729. The highest BCUT2D eigenvalue weighted by Crippen LogP contribution is 2.28. The van der Waals surface area contributed by atoms with E-state index in [1.54, 1.807) is 30.2 Å². The zero-order valence-electron chi connectivity index (χ0n) is 19.8. The number of H-pyrrole nitrogens is 1. The quantitative estimate of drug-likeness (QED) is 0.425. The fourth-order valence-corrected chi connectivity index (χ4v) is 4.19. The zero-order chi connectivity index (χ0) is 24.2. The maximum atomic E-state index is 13.6. The summed E-state index contributed by atoms with van der Waals surface area (Å²) in [7, 11) is 3.09. The molecular formula is C28H28N2O4. The van der Waals surface area contributed by atoms with Gasteiger partial charge in [-0.2, -0.15) is 0 Å². The second kappa shape index (κ2) is 9.83. The predicted octanol–water partition coefficient (Wildman–Crippen LogP) is 5.00. The third kappa shape index (κ3) is 4.81. The summed E-state index contributed by atoms with van der Waals surface area (Å²) in [5.74, 6) is 0.817. The van der Waals surface area contributed by atoms with Gasteiger partial charge in [0.25, 0.3) is 11.5 Å². The number of aromatic nitrogens is 1. The number of carbonyl (C=O) groups is 1. The van der Waals surface area contributed by atoms with Gasteiger partial charge in [-0.15, -0.1) is 0 Å². The van der Waals surface area contributed by atoms with Crippen LogP contribution < -0.4 is 15.0 Å². The number of nitrogens with zero attached hydrogens (tertiary/aromatic N) is 1. The van der Waals surface area contributed by atoms with Crippen LogP contribution in [0.5, 0.6) is 11.5 Å². The van der Waals surface area contributed by atoms with E-state index in [0.29, 0.717) is 29.2 Å². The van der Waals surface area contributed by atoms with Gasteiger partial charge < -0.3 is 19.4 Å². The SMILES string of the molecule is COc1ccc(C(=O)N(Cc2ccccc2)Cc2cc3c(C)cc(C)cc3[nH]c2=O)cc1OC. The number of methoxy groups -OCH3 is 2. The molecule has 1 aromatic heterocycles. The van der Waals surface area contributed by atoms with Crippen LogP contribution in [0.15, 0.2) is 71.5 Å². The smallest absolute Gasteiger partial charge is 0.254 e. The Hall–Kier alpha value is -4.06. The fourth-order valence-electron chi connectivity index (χ4n) is 4.19. The Balaban J connectivity index is 1.74. The lowest BCUT2D eigenvalue weighted by Gasteiger charge is -2.23. The van der Waals surface area contributed by atoms with Crippen LogP contribution in [-0.2, 0) is 13.1 Å². The van der Waals surface area contributed by atoms with Gasteiger partial charge in [-0.1, -0.05) is 36.4 Å². The van der Waals surface area contributed by atoms with Crippen molar-refractivity contribution in [2.45, 2.75) is 26.9 Å². The lowest BCUT2D eigenvalue weighted by Crippen LogP contribution is -2.32. The Kier molecular flexibility index (Phi) is 6.68. The molecule has 4 aromatic rings. The van der Waals surface area contributed by atoms with E-state index < -0.39 is 0 Å². The van der Waals surface area contributed by atoms with Crippen LogP contribution in [0.25, 0.3) is 10.9 Å². The number of hydrogen-bond acceptors (Lipinski definition) is 4. The number of amides is 1. The van der Waals surface area contributed by atoms with Crippen molar-refractivity contribution in [1.82, 2.24) is 9.88 Å². The summed E-state index contributed by atoms with van der Waals surface area (Å²) in [5.41, 5.74) is 4.72. The van der Waals surface area contributed by atoms with Crippen molar-refractivity contribution in [2.24, 2.45) is 0 Å². The van der Waals surface area contributed by atoms with Gasteiger partial charge >= 0.3 is 0 Å². The summed E-state index contributed by atoms with van der Waals surface area (Å²) in [6.45, 7) is 4.55. The number of nitrogens with one attached hydrogen (secondary N) is 1. The number of pyridine rings is 1. The van der Waals surface area contributed by atoms with Gasteiger partial charge in [0.1, 0.15) is 0 Å². The number of hydrogen-bond donors (Lipinski definition) is 1. The number of fused-ring (bicyclic) bond motifs is 1. The Morgan fingerprint density at radius 2 is 1.62 bits per heavy atom. The van der Waals surface area contributed by atoms with E-state index in [2.05, 4.69) is 11.1 Å². The maximum Gasteiger partial charge on any atom is 0.254 e. The standard InChI is InChI=1S/C28H28N2O4/c1-18-12-19(2)23-14-22(27(31)29-24(23)13-18)17-30(16-20-8-6-5-7-9-20)28(32)21-10-11-25(33-3)26(15-21)34-4/h5-15H,16-17H2,1-4H3,(H,29,31). The minimum atomic E-state index is -0.204. The predicted molar refractivity (Wildman–Crippen MR) is 134 cm³/mol. The molecular weight excluding hydrogens is 428 g/mol. The monoisotopic (exact) mass is 456 g/mol. The molecule has 0 saturated carbocycles. The number of aryl methyl sites for hydroxylation is 2. The second-order valence-corrected chi connectivity index (χ2v) is 8.38. The van der Waals surface area contributed by atoms with Crippen molar-refractivity contribution < 1.29 is 14.3 Å². The van der Waals surface area contributed by atoms with Gasteiger partial charge in [0.2, 0.25) is 0 Å². The normalized spacial score (nSPS) is 10.8. The highest BCUT2D eigenvalue weighted by molar-refractivity contribution is 5.95. The second-order valence-electron chi connectivity index (χ2n) is 8.38. The van der Waals surface area contributed by atoms with Crippen LogP contribution in [-0.4, -0.2) is 30.0 Å². The molecule has 4 rings (SSSR count). The van der Waals surface area contributed by atoms with E-state index in [9.17, 15) is 9.59 Å². The van der Waals surface area contributed by atoms with Gasteiger partial charge in [0, 0.05) is 28.6 Å². The van der Waals surface area contributed by atoms with Crippen LogP contribution in [0.2, 0.25) is 0 Å². The molecule has 0 fully saturated rings. The summed E-state index contributed by atoms with van der Waals surface area (Å²) in [4.78, 5) is 31.3. The Morgan fingerprint density at radius 3 is 2.32 bits per heavy atom. The van der Waals surface area contributed by atoms with Crippen molar-refractivity contribution in [3.8, 4) is 11.5 Å². The Morgan fingerprint density at radius 1 is 0.882 bits per heavy atom. The molecule has 0 spiro atoms. The highest BCUT2D eigenvalue weighted by Gasteiger charge is 2.20. The minimum Gasteiger partial charge on any atom is -0.493 e. The molecule has 1 heterocycles. The van der Waals surface area contributed by atoms with Crippen molar-refractivity contribution >= 4 is 16.8 Å². The summed E-state index contributed by atoms with van der Waals surface area (Å²) in [6.07, 6.45) is 0. The molecule has 0 bridgehead atoms. The molecule has 174 valence electrons. The Bertz CT molecular complexity index is 1390. The average Bonchev–Trinajstić information content (AvgIpc) is 2.84. The number of rotatable bonds is 7. The first-order chi connectivity index (χ1) is 16.4. The molecule has 1 N–H and O–H groups in total. The largest absolute Gasteiger partial charge is 0.493 e.